The highest BCUT2D eigenvalue weighted by molar-refractivity contribution is 5.95. The minimum atomic E-state index is -0.367. The molecule has 1 rings (SSSR count). The molecule has 4 heteroatoms. The maximum Gasteiger partial charge on any atom is 0.261 e. The molecule has 1 aromatic heterocycles. The average molecular weight is 206 g/mol. The van der Waals surface area contributed by atoms with Crippen molar-refractivity contribution in [3.8, 4) is 0 Å². The summed E-state index contributed by atoms with van der Waals surface area (Å²) in [5.41, 5.74) is 1.24. The van der Waals surface area contributed by atoms with Gasteiger partial charge < -0.3 is 10.3 Å². The summed E-state index contributed by atoms with van der Waals surface area (Å²) in [7, 11) is 0. The van der Waals surface area contributed by atoms with E-state index in [1.165, 1.54) is 0 Å². The molecule has 0 saturated carbocycles. The molecule has 0 aliphatic heterocycles. The van der Waals surface area contributed by atoms with Crippen LogP contribution in [0.2, 0.25) is 0 Å². The van der Waals surface area contributed by atoms with Crippen LogP contribution in [-0.4, -0.2) is 17.4 Å². The molecular weight excluding hydrogens is 192 g/mol. The fraction of sp³-hybridized carbons (Fsp3) is 0.273. The minimum absolute atomic E-state index is 0.169. The van der Waals surface area contributed by atoms with E-state index in [-0.39, 0.29) is 17.0 Å². The van der Waals surface area contributed by atoms with Gasteiger partial charge in [0.25, 0.3) is 11.5 Å². The van der Waals surface area contributed by atoms with Crippen molar-refractivity contribution in [2.45, 2.75) is 13.8 Å². The molecule has 2 N–H and O–H groups in total. The van der Waals surface area contributed by atoms with E-state index in [1.807, 2.05) is 0 Å². The van der Waals surface area contributed by atoms with Crippen molar-refractivity contribution in [3.63, 3.8) is 0 Å². The Kier molecular flexibility index (Phi) is 3.44. The molecule has 0 unspecified atom stereocenters. The first-order valence-electron chi connectivity index (χ1n) is 4.66. The van der Waals surface area contributed by atoms with Crippen molar-refractivity contribution < 1.29 is 4.79 Å². The van der Waals surface area contributed by atoms with E-state index in [4.69, 9.17) is 0 Å². The number of carbonyl (C=O) groups is 1. The molecule has 0 bridgehead atoms. The maximum atomic E-state index is 11.6. The number of pyridine rings is 1. The van der Waals surface area contributed by atoms with Crippen LogP contribution in [0.4, 0.5) is 0 Å². The standard InChI is InChI=1S/C11H14N2O2/c1-4-5-12-10(14)9-7(2)6-8(3)13-11(9)15/h4,6H,1,5H2,2-3H3,(H,12,14)(H,13,15). The fourth-order valence-corrected chi connectivity index (χ4v) is 1.39. The van der Waals surface area contributed by atoms with Gasteiger partial charge in [0, 0.05) is 12.2 Å². The van der Waals surface area contributed by atoms with Gasteiger partial charge in [0.05, 0.1) is 0 Å². The number of hydrogen-bond donors (Lipinski definition) is 2. The van der Waals surface area contributed by atoms with E-state index < -0.39 is 0 Å². The van der Waals surface area contributed by atoms with Gasteiger partial charge in [-0.1, -0.05) is 6.08 Å². The van der Waals surface area contributed by atoms with Gasteiger partial charge in [-0.2, -0.15) is 0 Å². The highest BCUT2D eigenvalue weighted by Gasteiger charge is 2.12. The smallest absolute Gasteiger partial charge is 0.261 e. The molecule has 1 amide bonds. The summed E-state index contributed by atoms with van der Waals surface area (Å²) >= 11 is 0. The van der Waals surface area contributed by atoms with Crippen molar-refractivity contribution in [2.75, 3.05) is 6.54 Å². The Hall–Kier alpha value is -1.84. The van der Waals surface area contributed by atoms with Crippen LogP contribution in [-0.2, 0) is 0 Å². The molecule has 0 spiro atoms. The zero-order valence-electron chi connectivity index (χ0n) is 8.89. The number of aromatic nitrogens is 1. The van der Waals surface area contributed by atoms with Crippen LogP contribution in [0, 0.1) is 13.8 Å². The van der Waals surface area contributed by atoms with Crippen molar-refractivity contribution in [1.29, 1.82) is 0 Å². The molecule has 0 aromatic carbocycles. The SMILES string of the molecule is C=CCNC(=O)c1c(C)cc(C)[nH]c1=O. The number of carbonyl (C=O) groups excluding carboxylic acids is 1. The summed E-state index contributed by atoms with van der Waals surface area (Å²) < 4.78 is 0. The first-order chi connectivity index (χ1) is 7.06. The average Bonchev–Trinajstić information content (AvgIpc) is 2.12. The Morgan fingerprint density at radius 2 is 2.27 bits per heavy atom. The summed E-state index contributed by atoms with van der Waals surface area (Å²) in [6.45, 7) is 7.36. The van der Waals surface area contributed by atoms with E-state index in [9.17, 15) is 9.59 Å². The second kappa shape index (κ2) is 4.59. The highest BCUT2D eigenvalue weighted by atomic mass is 16.2. The van der Waals surface area contributed by atoms with Crippen LogP contribution in [0.1, 0.15) is 21.6 Å². The number of amides is 1. The Morgan fingerprint density at radius 1 is 1.60 bits per heavy atom. The Bertz CT molecular complexity index is 446. The number of aromatic amines is 1. The third-order valence-corrected chi connectivity index (χ3v) is 2.00. The monoisotopic (exact) mass is 206 g/mol. The molecule has 0 aliphatic rings. The number of hydrogen-bond acceptors (Lipinski definition) is 2. The predicted molar refractivity (Wildman–Crippen MR) is 59.1 cm³/mol. The van der Waals surface area contributed by atoms with Crippen molar-refractivity contribution in [3.05, 3.63) is 45.9 Å². The Morgan fingerprint density at radius 3 is 2.80 bits per heavy atom. The summed E-state index contributed by atoms with van der Waals surface area (Å²) in [6, 6.07) is 1.77. The van der Waals surface area contributed by atoms with Crippen LogP contribution in [0.15, 0.2) is 23.5 Å². The molecular formula is C11H14N2O2. The molecule has 1 heterocycles. The van der Waals surface area contributed by atoms with E-state index in [2.05, 4.69) is 16.9 Å². The van der Waals surface area contributed by atoms with Gasteiger partial charge in [0.15, 0.2) is 0 Å². The van der Waals surface area contributed by atoms with Crippen LogP contribution >= 0.6 is 0 Å². The summed E-state index contributed by atoms with van der Waals surface area (Å²) in [5, 5.41) is 2.57. The molecule has 4 nitrogen and oxygen atoms in total. The molecule has 0 atom stereocenters. The molecule has 0 saturated heterocycles. The summed E-state index contributed by atoms with van der Waals surface area (Å²) in [5.74, 6) is -0.367. The van der Waals surface area contributed by atoms with E-state index >= 15 is 0 Å². The highest BCUT2D eigenvalue weighted by Crippen LogP contribution is 2.02. The summed E-state index contributed by atoms with van der Waals surface area (Å²) in [4.78, 5) is 25.7. The zero-order chi connectivity index (χ0) is 11.4. The lowest BCUT2D eigenvalue weighted by Crippen LogP contribution is -2.31. The molecule has 0 fully saturated rings. The number of aryl methyl sites for hydroxylation is 2. The zero-order valence-corrected chi connectivity index (χ0v) is 8.89. The first-order valence-corrected chi connectivity index (χ1v) is 4.66. The van der Waals surface area contributed by atoms with Gasteiger partial charge in [-0.15, -0.1) is 6.58 Å². The van der Waals surface area contributed by atoms with Gasteiger partial charge in [0.2, 0.25) is 0 Å². The quantitative estimate of drug-likeness (QED) is 0.722. The van der Waals surface area contributed by atoms with Gasteiger partial charge in [-0.3, -0.25) is 9.59 Å². The number of nitrogens with one attached hydrogen (secondary N) is 2. The molecule has 80 valence electrons. The molecule has 0 radical (unpaired) electrons. The van der Waals surface area contributed by atoms with Gasteiger partial charge >= 0.3 is 0 Å². The molecule has 1 aromatic rings. The third-order valence-electron chi connectivity index (χ3n) is 2.00. The second-order valence-corrected chi connectivity index (χ2v) is 3.34. The second-order valence-electron chi connectivity index (χ2n) is 3.34. The predicted octanol–water partition coefficient (Wildman–Crippen LogP) is 0.908. The number of H-pyrrole nitrogens is 1. The van der Waals surface area contributed by atoms with E-state index in [0.29, 0.717) is 12.1 Å². The first kappa shape index (κ1) is 11.2. The topological polar surface area (TPSA) is 62.0 Å². The van der Waals surface area contributed by atoms with Gasteiger partial charge in [-0.05, 0) is 25.5 Å². The summed E-state index contributed by atoms with van der Waals surface area (Å²) in [6.07, 6.45) is 1.57. The fourth-order valence-electron chi connectivity index (χ4n) is 1.39. The van der Waals surface area contributed by atoms with Crippen LogP contribution in [0.3, 0.4) is 0 Å². The van der Waals surface area contributed by atoms with Gasteiger partial charge in [0.1, 0.15) is 5.56 Å². The van der Waals surface area contributed by atoms with Crippen molar-refractivity contribution in [2.24, 2.45) is 0 Å². The maximum absolute atomic E-state index is 11.6. The molecule has 15 heavy (non-hydrogen) atoms. The minimum Gasteiger partial charge on any atom is -0.348 e. The Labute approximate surface area is 88.0 Å². The largest absolute Gasteiger partial charge is 0.348 e. The lowest BCUT2D eigenvalue weighted by atomic mass is 10.1. The van der Waals surface area contributed by atoms with E-state index in [1.54, 1.807) is 26.0 Å². The van der Waals surface area contributed by atoms with Crippen LogP contribution < -0.4 is 10.9 Å². The third kappa shape index (κ3) is 2.56. The van der Waals surface area contributed by atoms with Crippen molar-refractivity contribution in [1.82, 2.24) is 10.3 Å². The van der Waals surface area contributed by atoms with E-state index in [0.717, 1.165) is 5.69 Å². The Balaban J connectivity index is 3.09. The van der Waals surface area contributed by atoms with Gasteiger partial charge in [-0.25, -0.2) is 0 Å². The lowest BCUT2D eigenvalue weighted by Gasteiger charge is -2.05. The normalized spacial score (nSPS) is 9.73. The van der Waals surface area contributed by atoms with Crippen LogP contribution in [0.5, 0.6) is 0 Å². The number of rotatable bonds is 3. The molecule has 0 aliphatic carbocycles. The van der Waals surface area contributed by atoms with Crippen LogP contribution in [0.25, 0.3) is 0 Å². The van der Waals surface area contributed by atoms with Crippen molar-refractivity contribution >= 4 is 5.91 Å². The lowest BCUT2D eigenvalue weighted by molar-refractivity contribution is 0.0956.